The Balaban J connectivity index is 3.06. The number of imidazole rings is 1. The summed E-state index contributed by atoms with van der Waals surface area (Å²) in [6, 6.07) is -4.63. The lowest BCUT2D eigenvalue weighted by molar-refractivity contribution is -0.143. The minimum absolute atomic E-state index is 0.0508. The van der Waals surface area contributed by atoms with Crippen molar-refractivity contribution in [2.75, 3.05) is 0 Å². The Morgan fingerprint density at radius 1 is 0.970 bits per heavy atom. The van der Waals surface area contributed by atoms with Crippen molar-refractivity contribution in [1.82, 2.24) is 25.9 Å². The lowest BCUT2D eigenvalue weighted by Crippen LogP contribution is -2.59. The number of nitrogens with one attached hydrogen (secondary N) is 4. The second kappa shape index (κ2) is 12.5. The molecule has 33 heavy (non-hydrogen) atoms. The molecule has 13 heteroatoms. The lowest BCUT2D eigenvalue weighted by Gasteiger charge is -2.27. The van der Waals surface area contributed by atoms with Crippen LogP contribution in [0.15, 0.2) is 12.5 Å². The molecule has 0 aliphatic heterocycles. The van der Waals surface area contributed by atoms with Crippen LogP contribution in [0, 0.1) is 11.8 Å². The molecule has 13 nitrogen and oxygen atoms in total. The summed E-state index contributed by atoms with van der Waals surface area (Å²) in [5.74, 6) is -4.88. The number of carbonyl (C=O) groups excluding carboxylic acids is 4. The first-order valence-electron chi connectivity index (χ1n) is 10.5. The average Bonchev–Trinajstić information content (AvgIpc) is 3.22. The highest BCUT2D eigenvalue weighted by molar-refractivity contribution is 5.95. The molecule has 0 aliphatic rings. The van der Waals surface area contributed by atoms with Gasteiger partial charge >= 0.3 is 5.97 Å². The number of H-pyrrole nitrogens is 1. The predicted molar refractivity (Wildman–Crippen MR) is 117 cm³/mol. The molecule has 0 aliphatic carbocycles. The van der Waals surface area contributed by atoms with Crippen molar-refractivity contribution in [3.8, 4) is 0 Å². The van der Waals surface area contributed by atoms with Crippen molar-refractivity contribution < 1.29 is 29.1 Å². The highest BCUT2D eigenvalue weighted by Crippen LogP contribution is 2.07. The molecule has 1 rings (SSSR count). The Hall–Kier alpha value is -3.48. The number of carboxylic acids is 1. The second-order valence-electron chi connectivity index (χ2n) is 8.41. The van der Waals surface area contributed by atoms with Crippen LogP contribution in [-0.2, 0) is 30.4 Å². The minimum Gasteiger partial charge on any atom is -0.480 e. The average molecular weight is 468 g/mol. The first-order valence-corrected chi connectivity index (χ1v) is 10.5. The zero-order valence-electron chi connectivity index (χ0n) is 19.1. The van der Waals surface area contributed by atoms with Gasteiger partial charge in [0, 0.05) is 18.3 Å². The molecule has 0 saturated carbocycles. The number of nitrogens with two attached hydrogens (primary N) is 2. The van der Waals surface area contributed by atoms with E-state index in [9.17, 15) is 29.1 Å². The normalized spacial score (nSPS) is 14.8. The number of hydrogen-bond acceptors (Lipinski definition) is 7. The largest absolute Gasteiger partial charge is 0.480 e. The predicted octanol–water partition coefficient (Wildman–Crippen LogP) is -1.99. The van der Waals surface area contributed by atoms with Crippen LogP contribution in [0.5, 0.6) is 0 Å². The summed E-state index contributed by atoms with van der Waals surface area (Å²) in [7, 11) is 0. The number of aromatic amines is 1. The van der Waals surface area contributed by atoms with E-state index in [1.165, 1.54) is 12.5 Å². The number of hydrogen-bond donors (Lipinski definition) is 7. The van der Waals surface area contributed by atoms with Crippen molar-refractivity contribution in [3.63, 3.8) is 0 Å². The highest BCUT2D eigenvalue weighted by Gasteiger charge is 2.32. The quantitative estimate of drug-likeness (QED) is 0.171. The SMILES string of the molecule is CC(C)C(N)C(=O)NC(C(=O)NC(Cc1cnc[nH]1)C(=O)NC(CC(N)=O)C(=O)O)C(C)C. The van der Waals surface area contributed by atoms with E-state index in [2.05, 4.69) is 25.9 Å². The van der Waals surface area contributed by atoms with Gasteiger partial charge in [-0.15, -0.1) is 0 Å². The lowest BCUT2D eigenvalue weighted by atomic mass is 9.99. The summed E-state index contributed by atoms with van der Waals surface area (Å²) in [5, 5.41) is 16.6. The van der Waals surface area contributed by atoms with Gasteiger partial charge in [-0.1, -0.05) is 27.7 Å². The van der Waals surface area contributed by atoms with Crippen molar-refractivity contribution in [3.05, 3.63) is 18.2 Å². The van der Waals surface area contributed by atoms with E-state index in [4.69, 9.17) is 11.5 Å². The van der Waals surface area contributed by atoms with Gasteiger partial charge in [0.25, 0.3) is 0 Å². The monoisotopic (exact) mass is 467 g/mol. The van der Waals surface area contributed by atoms with E-state index < -0.39 is 60.2 Å². The maximum atomic E-state index is 13.0. The van der Waals surface area contributed by atoms with Crippen LogP contribution in [0.3, 0.4) is 0 Å². The summed E-state index contributed by atoms with van der Waals surface area (Å²) in [5.41, 5.74) is 11.4. The van der Waals surface area contributed by atoms with Gasteiger partial charge in [-0.05, 0) is 11.8 Å². The molecule has 0 spiro atoms. The van der Waals surface area contributed by atoms with Crippen LogP contribution in [-0.4, -0.2) is 68.8 Å². The van der Waals surface area contributed by atoms with Gasteiger partial charge in [-0.25, -0.2) is 9.78 Å². The number of nitrogens with zero attached hydrogens (tertiary/aromatic N) is 1. The van der Waals surface area contributed by atoms with Gasteiger partial charge in [0.2, 0.25) is 23.6 Å². The van der Waals surface area contributed by atoms with Gasteiger partial charge in [-0.3, -0.25) is 19.2 Å². The smallest absolute Gasteiger partial charge is 0.326 e. The molecule has 1 heterocycles. The van der Waals surface area contributed by atoms with Crippen molar-refractivity contribution >= 4 is 29.6 Å². The molecule has 0 bridgehead atoms. The molecular formula is C20H33N7O6. The number of carbonyl (C=O) groups is 5. The van der Waals surface area contributed by atoms with Crippen LogP contribution in [0.1, 0.15) is 39.8 Å². The van der Waals surface area contributed by atoms with E-state index in [0.29, 0.717) is 5.69 Å². The summed E-state index contributed by atoms with van der Waals surface area (Å²) < 4.78 is 0. The standard InChI is InChI=1S/C20H33N7O6/c1-9(2)15(22)18(30)27-16(10(3)4)19(31)25-12(5-11-7-23-8-24-11)17(29)26-13(20(32)33)6-14(21)28/h7-10,12-13,15-16H,5-6,22H2,1-4H3,(H2,21,28)(H,23,24)(H,25,31)(H,26,29)(H,27,30)(H,32,33). The fraction of sp³-hybridized carbons (Fsp3) is 0.600. The Morgan fingerprint density at radius 2 is 1.58 bits per heavy atom. The third-order valence-corrected chi connectivity index (χ3v) is 4.90. The van der Waals surface area contributed by atoms with Crippen LogP contribution in [0.2, 0.25) is 0 Å². The molecule has 4 atom stereocenters. The van der Waals surface area contributed by atoms with Gasteiger partial charge in [-0.2, -0.15) is 0 Å². The third-order valence-electron chi connectivity index (χ3n) is 4.90. The van der Waals surface area contributed by atoms with E-state index >= 15 is 0 Å². The molecule has 0 fully saturated rings. The molecule has 0 aromatic carbocycles. The van der Waals surface area contributed by atoms with Gasteiger partial charge in [0.15, 0.2) is 0 Å². The summed E-state index contributed by atoms with van der Waals surface area (Å²) in [6.07, 6.45) is 2.14. The van der Waals surface area contributed by atoms with Crippen molar-refractivity contribution in [1.29, 1.82) is 0 Å². The minimum atomic E-state index is -1.57. The van der Waals surface area contributed by atoms with E-state index in [1.807, 2.05) is 0 Å². The maximum Gasteiger partial charge on any atom is 0.326 e. The molecule has 1 aromatic heterocycles. The number of amides is 4. The molecular weight excluding hydrogens is 434 g/mol. The zero-order valence-corrected chi connectivity index (χ0v) is 19.1. The number of aromatic nitrogens is 2. The van der Waals surface area contributed by atoms with E-state index in [-0.39, 0.29) is 18.3 Å². The molecule has 0 saturated heterocycles. The molecule has 184 valence electrons. The van der Waals surface area contributed by atoms with Gasteiger partial charge < -0.3 is 37.5 Å². The molecule has 1 aromatic rings. The molecule has 0 radical (unpaired) electrons. The molecule has 4 amide bonds. The van der Waals surface area contributed by atoms with Crippen LogP contribution >= 0.6 is 0 Å². The number of aliphatic carboxylic acids is 1. The zero-order chi connectivity index (χ0) is 25.3. The Kier molecular flexibility index (Phi) is 10.5. The van der Waals surface area contributed by atoms with Crippen molar-refractivity contribution in [2.24, 2.45) is 23.3 Å². The highest BCUT2D eigenvalue weighted by atomic mass is 16.4. The Morgan fingerprint density at radius 3 is 2.03 bits per heavy atom. The van der Waals surface area contributed by atoms with Gasteiger partial charge in [0.1, 0.15) is 18.1 Å². The van der Waals surface area contributed by atoms with Gasteiger partial charge in [0.05, 0.1) is 18.8 Å². The summed E-state index contributed by atoms with van der Waals surface area (Å²) in [6.45, 7) is 6.96. The summed E-state index contributed by atoms with van der Waals surface area (Å²) >= 11 is 0. The number of rotatable bonds is 13. The summed E-state index contributed by atoms with van der Waals surface area (Å²) in [4.78, 5) is 67.4. The van der Waals surface area contributed by atoms with E-state index in [0.717, 1.165) is 0 Å². The van der Waals surface area contributed by atoms with E-state index in [1.54, 1.807) is 27.7 Å². The fourth-order valence-corrected chi connectivity index (χ4v) is 2.85. The van der Waals surface area contributed by atoms with Crippen LogP contribution < -0.4 is 27.4 Å². The van der Waals surface area contributed by atoms with Crippen molar-refractivity contribution in [2.45, 2.75) is 64.7 Å². The molecule has 4 unspecified atom stereocenters. The third kappa shape index (κ3) is 8.88. The topological polar surface area (TPSA) is 222 Å². The fourth-order valence-electron chi connectivity index (χ4n) is 2.85. The first-order chi connectivity index (χ1) is 15.3. The first kappa shape index (κ1) is 27.6. The maximum absolute atomic E-state index is 13.0. The van der Waals surface area contributed by atoms with Crippen LogP contribution in [0.4, 0.5) is 0 Å². The number of primary amides is 1. The Bertz CT molecular complexity index is 840. The number of carboxylic acid groups (broad SMARTS) is 1. The second-order valence-corrected chi connectivity index (χ2v) is 8.41. The Labute approximate surface area is 191 Å². The van der Waals surface area contributed by atoms with Crippen LogP contribution in [0.25, 0.3) is 0 Å². The molecule has 9 N–H and O–H groups in total.